The number of carbonyl (C=O) groups excluding carboxylic acids is 2. The number of hydrogen-bond acceptors (Lipinski definition) is 5. The maximum atomic E-state index is 13.1. The highest BCUT2D eigenvalue weighted by atomic mass is 19.1. The predicted octanol–water partition coefficient (Wildman–Crippen LogP) is 1.54. The van der Waals surface area contributed by atoms with E-state index in [0.29, 0.717) is 5.56 Å². The van der Waals surface area contributed by atoms with E-state index in [0.717, 1.165) is 4.90 Å². The molecule has 0 aliphatic carbocycles. The topological polar surface area (TPSA) is 110 Å². The molecular formula is C18H25FN2O5. The third kappa shape index (κ3) is 6.11. The lowest BCUT2D eigenvalue weighted by molar-refractivity contribution is -0.167. The van der Waals surface area contributed by atoms with Crippen LogP contribution in [-0.4, -0.2) is 46.0 Å². The molecule has 0 aliphatic heterocycles. The van der Waals surface area contributed by atoms with Gasteiger partial charge in [0.05, 0.1) is 0 Å². The first-order valence-electron chi connectivity index (χ1n) is 8.17. The van der Waals surface area contributed by atoms with Crippen molar-refractivity contribution in [2.45, 2.75) is 45.9 Å². The second kappa shape index (κ2) is 8.75. The molecule has 1 aromatic rings. The fourth-order valence-corrected chi connectivity index (χ4v) is 2.20. The minimum atomic E-state index is -1.32. The lowest BCUT2D eigenvalue weighted by Crippen LogP contribution is -2.50. The van der Waals surface area contributed by atoms with Crippen molar-refractivity contribution in [2.24, 2.45) is 11.7 Å². The van der Waals surface area contributed by atoms with Crippen molar-refractivity contribution < 1.29 is 28.6 Å². The lowest BCUT2D eigenvalue weighted by Gasteiger charge is -2.30. The Morgan fingerprint density at radius 2 is 1.77 bits per heavy atom. The number of carbonyl (C=O) groups is 3. The Balaban J connectivity index is 3.10. The summed E-state index contributed by atoms with van der Waals surface area (Å²) in [5.41, 5.74) is 5.28. The number of nitrogens with two attached hydrogens (primary N) is 1. The van der Waals surface area contributed by atoms with Gasteiger partial charge in [-0.3, -0.25) is 9.59 Å². The van der Waals surface area contributed by atoms with E-state index >= 15 is 0 Å². The number of benzene rings is 1. The molecule has 26 heavy (non-hydrogen) atoms. The summed E-state index contributed by atoms with van der Waals surface area (Å²) in [5, 5.41) is 9.30. The molecule has 0 fully saturated rings. The van der Waals surface area contributed by atoms with Crippen LogP contribution in [-0.2, 0) is 25.7 Å². The van der Waals surface area contributed by atoms with Crippen LogP contribution in [0.2, 0.25) is 0 Å². The van der Waals surface area contributed by atoms with Crippen molar-refractivity contribution >= 4 is 17.8 Å². The Kier molecular flexibility index (Phi) is 7.26. The van der Waals surface area contributed by atoms with Crippen LogP contribution >= 0.6 is 0 Å². The molecule has 0 spiro atoms. The number of nitrogens with zero attached hydrogens (tertiary/aromatic N) is 1. The van der Waals surface area contributed by atoms with Gasteiger partial charge < -0.3 is 20.5 Å². The molecule has 8 heteroatoms. The number of carboxylic acid groups (broad SMARTS) is 1. The van der Waals surface area contributed by atoms with E-state index < -0.39 is 41.2 Å². The molecule has 0 aliphatic rings. The molecule has 1 aromatic carbocycles. The smallest absolute Gasteiger partial charge is 0.326 e. The quantitative estimate of drug-likeness (QED) is 0.558. The SMILES string of the molecule is C[C@@H](C(=O)O)N(Cc1ccc(F)cc1)C(=O)[C@@H](CN)C(=O)OC(C)(C)C. The number of amides is 1. The van der Waals surface area contributed by atoms with Gasteiger partial charge in [0.2, 0.25) is 5.91 Å². The first-order valence-corrected chi connectivity index (χ1v) is 8.17. The molecule has 1 amide bonds. The van der Waals surface area contributed by atoms with E-state index in [1.54, 1.807) is 20.8 Å². The summed E-state index contributed by atoms with van der Waals surface area (Å²) in [6, 6.07) is 4.09. The van der Waals surface area contributed by atoms with Crippen molar-refractivity contribution in [3.05, 3.63) is 35.6 Å². The molecule has 0 saturated carbocycles. The summed E-state index contributed by atoms with van der Waals surface area (Å²) < 4.78 is 18.3. The van der Waals surface area contributed by atoms with Crippen LogP contribution in [0.3, 0.4) is 0 Å². The van der Waals surface area contributed by atoms with Crippen molar-refractivity contribution in [3.8, 4) is 0 Å². The van der Waals surface area contributed by atoms with Gasteiger partial charge in [0, 0.05) is 13.1 Å². The van der Waals surface area contributed by atoms with E-state index in [1.165, 1.54) is 31.2 Å². The van der Waals surface area contributed by atoms with Gasteiger partial charge in [-0.05, 0) is 45.4 Å². The van der Waals surface area contributed by atoms with Gasteiger partial charge in [-0.1, -0.05) is 12.1 Å². The maximum absolute atomic E-state index is 13.1. The van der Waals surface area contributed by atoms with Gasteiger partial charge in [-0.2, -0.15) is 0 Å². The van der Waals surface area contributed by atoms with E-state index in [4.69, 9.17) is 10.5 Å². The molecule has 3 N–H and O–H groups in total. The summed E-state index contributed by atoms with van der Waals surface area (Å²) in [6.07, 6.45) is 0. The Bertz CT molecular complexity index is 655. The van der Waals surface area contributed by atoms with Crippen molar-refractivity contribution in [2.75, 3.05) is 6.54 Å². The third-order valence-electron chi connectivity index (χ3n) is 3.60. The summed E-state index contributed by atoms with van der Waals surface area (Å²) in [4.78, 5) is 37.5. The standard InChI is InChI=1S/C18H25FN2O5/c1-11(16(23)24)21(10-12-5-7-13(19)8-6-12)15(22)14(9-20)17(25)26-18(2,3)4/h5-8,11,14H,9-10,20H2,1-4H3,(H,23,24)/t11-,14+/m0/s1. The molecule has 0 aromatic heterocycles. The van der Waals surface area contributed by atoms with E-state index in [1.807, 2.05) is 0 Å². The van der Waals surface area contributed by atoms with Gasteiger partial charge in [0.1, 0.15) is 23.4 Å². The van der Waals surface area contributed by atoms with Crippen molar-refractivity contribution in [1.82, 2.24) is 4.90 Å². The minimum Gasteiger partial charge on any atom is -0.480 e. The van der Waals surface area contributed by atoms with Crippen LogP contribution in [0.4, 0.5) is 4.39 Å². The number of aliphatic carboxylic acids is 1. The second-order valence-electron chi connectivity index (χ2n) is 6.93. The van der Waals surface area contributed by atoms with Crippen LogP contribution in [0.25, 0.3) is 0 Å². The first-order chi connectivity index (χ1) is 12.0. The third-order valence-corrected chi connectivity index (χ3v) is 3.60. The predicted molar refractivity (Wildman–Crippen MR) is 92.4 cm³/mol. The zero-order chi connectivity index (χ0) is 20.1. The molecular weight excluding hydrogens is 343 g/mol. The Labute approximate surface area is 151 Å². The van der Waals surface area contributed by atoms with Crippen LogP contribution < -0.4 is 5.73 Å². The molecule has 0 radical (unpaired) electrons. The van der Waals surface area contributed by atoms with E-state index in [-0.39, 0.29) is 13.1 Å². The Morgan fingerprint density at radius 3 is 2.19 bits per heavy atom. The maximum Gasteiger partial charge on any atom is 0.326 e. The van der Waals surface area contributed by atoms with Crippen LogP contribution in [0.5, 0.6) is 0 Å². The van der Waals surface area contributed by atoms with Gasteiger partial charge in [-0.15, -0.1) is 0 Å². The fraction of sp³-hybridized carbons (Fsp3) is 0.500. The monoisotopic (exact) mass is 368 g/mol. The number of halogens is 1. The van der Waals surface area contributed by atoms with Gasteiger partial charge in [-0.25, -0.2) is 9.18 Å². The molecule has 2 atom stereocenters. The molecule has 7 nitrogen and oxygen atoms in total. The highest BCUT2D eigenvalue weighted by Crippen LogP contribution is 2.17. The minimum absolute atomic E-state index is 0.105. The molecule has 0 unspecified atom stereocenters. The largest absolute Gasteiger partial charge is 0.480 e. The number of ether oxygens (including phenoxy) is 1. The van der Waals surface area contributed by atoms with Crippen LogP contribution in [0.15, 0.2) is 24.3 Å². The number of hydrogen-bond donors (Lipinski definition) is 2. The van der Waals surface area contributed by atoms with Crippen molar-refractivity contribution in [1.29, 1.82) is 0 Å². The number of esters is 1. The van der Waals surface area contributed by atoms with E-state index in [9.17, 15) is 23.9 Å². The number of carboxylic acids is 1. The first kappa shape index (κ1) is 21.6. The zero-order valence-electron chi connectivity index (χ0n) is 15.4. The molecule has 0 saturated heterocycles. The van der Waals surface area contributed by atoms with Gasteiger partial charge in [0.15, 0.2) is 0 Å². The summed E-state index contributed by atoms with van der Waals surface area (Å²) >= 11 is 0. The van der Waals surface area contributed by atoms with Crippen molar-refractivity contribution in [3.63, 3.8) is 0 Å². The van der Waals surface area contributed by atoms with E-state index in [2.05, 4.69) is 0 Å². The highest BCUT2D eigenvalue weighted by Gasteiger charge is 2.36. The molecule has 1 rings (SSSR count). The molecule has 0 heterocycles. The zero-order valence-corrected chi connectivity index (χ0v) is 15.4. The fourth-order valence-electron chi connectivity index (χ4n) is 2.20. The molecule has 0 bridgehead atoms. The summed E-state index contributed by atoms with van der Waals surface area (Å²) in [5.74, 6) is -4.57. The highest BCUT2D eigenvalue weighted by molar-refractivity contribution is 5.99. The van der Waals surface area contributed by atoms with Crippen LogP contribution in [0.1, 0.15) is 33.3 Å². The number of rotatable bonds is 7. The van der Waals surface area contributed by atoms with Gasteiger partial charge in [0.25, 0.3) is 0 Å². The average Bonchev–Trinajstić information content (AvgIpc) is 2.52. The Hall–Kier alpha value is -2.48. The lowest BCUT2D eigenvalue weighted by atomic mass is 10.0. The van der Waals surface area contributed by atoms with Gasteiger partial charge >= 0.3 is 11.9 Å². The second-order valence-corrected chi connectivity index (χ2v) is 6.93. The Morgan fingerprint density at radius 1 is 1.23 bits per heavy atom. The summed E-state index contributed by atoms with van der Waals surface area (Å²) in [7, 11) is 0. The average molecular weight is 368 g/mol. The normalized spacial score (nSPS) is 13.6. The van der Waals surface area contributed by atoms with Crippen LogP contribution in [0, 0.1) is 11.7 Å². The molecule has 144 valence electrons. The summed E-state index contributed by atoms with van der Waals surface area (Å²) in [6.45, 7) is 5.86.